The highest BCUT2D eigenvalue weighted by molar-refractivity contribution is 6.30. The molecular formula is C17H24ClN3O. The number of urea groups is 1. The molecule has 1 saturated carbocycles. The summed E-state index contributed by atoms with van der Waals surface area (Å²) in [6.45, 7) is 6.63. The van der Waals surface area contributed by atoms with Crippen molar-refractivity contribution in [1.82, 2.24) is 0 Å². The Balaban J connectivity index is 2.34. The molecule has 2 N–H and O–H groups in total. The van der Waals surface area contributed by atoms with E-state index >= 15 is 0 Å². The molecule has 1 fully saturated rings. The predicted octanol–water partition coefficient (Wildman–Crippen LogP) is 4.67. The second kappa shape index (κ2) is 7.14. The Hall–Kier alpha value is -1.55. The Morgan fingerprint density at radius 1 is 1.32 bits per heavy atom. The van der Waals surface area contributed by atoms with Crippen LogP contribution in [0.5, 0.6) is 0 Å². The molecule has 0 aromatic heterocycles. The topological polar surface area (TPSA) is 58.7 Å². The molecule has 2 unspecified atom stereocenters. The Bertz CT molecular complexity index is 554. The zero-order valence-electron chi connectivity index (χ0n) is 13.4. The fourth-order valence-corrected chi connectivity index (χ4v) is 3.15. The highest BCUT2D eigenvalue weighted by Crippen LogP contribution is 2.32. The molecule has 0 aliphatic heterocycles. The predicted molar refractivity (Wildman–Crippen MR) is 92.3 cm³/mol. The maximum absolute atomic E-state index is 11.8. The van der Waals surface area contributed by atoms with Gasteiger partial charge in [-0.3, -0.25) is 0 Å². The second-order valence-electron chi connectivity index (χ2n) is 6.45. The van der Waals surface area contributed by atoms with Gasteiger partial charge in [0.25, 0.3) is 0 Å². The third kappa shape index (κ3) is 4.01. The number of hydrogen-bond acceptors (Lipinski definition) is 2. The molecule has 0 saturated heterocycles. The van der Waals surface area contributed by atoms with Crippen LogP contribution in [0.15, 0.2) is 29.4 Å². The van der Waals surface area contributed by atoms with Gasteiger partial charge >= 0.3 is 6.03 Å². The minimum absolute atomic E-state index is 0.408. The lowest BCUT2D eigenvalue weighted by Gasteiger charge is -2.32. The molecule has 120 valence electrons. The molecule has 0 spiro atoms. The fraction of sp³-hybridized carbons (Fsp3) is 0.529. The Morgan fingerprint density at radius 3 is 2.50 bits per heavy atom. The van der Waals surface area contributed by atoms with E-state index in [0.717, 1.165) is 18.6 Å². The molecule has 0 heterocycles. The number of amides is 2. The number of hydrazone groups is 1. The van der Waals surface area contributed by atoms with Gasteiger partial charge < -0.3 is 5.73 Å². The second-order valence-corrected chi connectivity index (χ2v) is 6.89. The van der Waals surface area contributed by atoms with Crippen LogP contribution in [-0.2, 0) is 0 Å². The standard InChI is InChI=1S/C17H24ClN3O/c1-11(2)15-9-4-12(3)10-16(15)20-21(17(19)22)14-7-5-13(18)6-8-14/h5-8,11-12,15H,4,9-10H2,1-3H3,(H2,19,22)/b20-16+. The molecule has 1 aromatic rings. The molecule has 1 aliphatic rings. The van der Waals surface area contributed by atoms with E-state index in [1.165, 1.54) is 11.4 Å². The van der Waals surface area contributed by atoms with Gasteiger partial charge in [-0.25, -0.2) is 4.79 Å². The summed E-state index contributed by atoms with van der Waals surface area (Å²) in [5, 5.41) is 6.53. The summed E-state index contributed by atoms with van der Waals surface area (Å²) >= 11 is 5.90. The van der Waals surface area contributed by atoms with Crippen LogP contribution < -0.4 is 10.7 Å². The molecule has 4 nitrogen and oxygen atoms in total. The summed E-state index contributed by atoms with van der Waals surface area (Å²) in [4.78, 5) is 11.8. The van der Waals surface area contributed by atoms with E-state index in [-0.39, 0.29) is 0 Å². The van der Waals surface area contributed by atoms with Crippen molar-refractivity contribution < 1.29 is 4.79 Å². The average Bonchev–Trinajstić information content (AvgIpc) is 2.45. The molecule has 2 atom stereocenters. The van der Waals surface area contributed by atoms with Gasteiger partial charge in [-0.15, -0.1) is 0 Å². The first-order valence-corrected chi connectivity index (χ1v) is 8.18. The van der Waals surface area contributed by atoms with E-state index < -0.39 is 6.03 Å². The highest BCUT2D eigenvalue weighted by Gasteiger charge is 2.28. The van der Waals surface area contributed by atoms with Crippen LogP contribution in [0.1, 0.15) is 40.0 Å². The summed E-state index contributed by atoms with van der Waals surface area (Å²) in [7, 11) is 0. The lowest BCUT2D eigenvalue weighted by Crippen LogP contribution is -2.36. The van der Waals surface area contributed by atoms with E-state index in [4.69, 9.17) is 17.3 Å². The Labute approximate surface area is 137 Å². The van der Waals surface area contributed by atoms with Crippen molar-refractivity contribution >= 4 is 29.0 Å². The number of primary amides is 1. The largest absolute Gasteiger partial charge is 0.350 e. The first kappa shape index (κ1) is 16.8. The number of rotatable bonds is 3. The van der Waals surface area contributed by atoms with Crippen LogP contribution in [0.3, 0.4) is 0 Å². The summed E-state index contributed by atoms with van der Waals surface area (Å²) in [6, 6.07) is 6.41. The average molecular weight is 322 g/mol. The summed E-state index contributed by atoms with van der Waals surface area (Å²) in [5.74, 6) is 1.50. The maximum Gasteiger partial charge on any atom is 0.339 e. The van der Waals surface area contributed by atoms with Crippen molar-refractivity contribution in [2.24, 2.45) is 28.6 Å². The minimum atomic E-state index is -0.574. The monoisotopic (exact) mass is 321 g/mol. The molecule has 1 aliphatic carbocycles. The number of halogens is 1. The zero-order valence-corrected chi connectivity index (χ0v) is 14.2. The minimum Gasteiger partial charge on any atom is -0.350 e. The Kier molecular flexibility index (Phi) is 5.46. The Morgan fingerprint density at radius 2 is 1.95 bits per heavy atom. The summed E-state index contributed by atoms with van der Waals surface area (Å²) < 4.78 is 0. The van der Waals surface area contributed by atoms with Crippen molar-refractivity contribution in [3.05, 3.63) is 29.3 Å². The van der Waals surface area contributed by atoms with Crippen LogP contribution in [0, 0.1) is 17.8 Å². The number of nitrogens with zero attached hydrogens (tertiary/aromatic N) is 2. The molecule has 0 bridgehead atoms. The van der Waals surface area contributed by atoms with Gasteiger partial charge in [-0.2, -0.15) is 10.1 Å². The van der Waals surface area contributed by atoms with Crippen molar-refractivity contribution in [3.8, 4) is 0 Å². The number of carbonyl (C=O) groups is 1. The zero-order chi connectivity index (χ0) is 16.3. The number of hydrogen-bond donors (Lipinski definition) is 1. The SMILES string of the molecule is CC1CCC(C(C)C)/C(=N/N(C(N)=O)c2ccc(Cl)cc2)C1. The maximum atomic E-state index is 11.8. The fourth-order valence-electron chi connectivity index (χ4n) is 3.02. The van der Waals surface area contributed by atoms with E-state index in [0.29, 0.717) is 28.5 Å². The van der Waals surface area contributed by atoms with Gasteiger partial charge in [0.2, 0.25) is 0 Å². The van der Waals surface area contributed by atoms with Gasteiger partial charge in [0.1, 0.15) is 0 Å². The molecule has 0 radical (unpaired) electrons. The number of anilines is 1. The van der Waals surface area contributed by atoms with Crippen LogP contribution >= 0.6 is 11.6 Å². The van der Waals surface area contributed by atoms with Crippen LogP contribution in [0.2, 0.25) is 5.02 Å². The third-order valence-electron chi connectivity index (χ3n) is 4.27. The van der Waals surface area contributed by atoms with E-state index in [1.54, 1.807) is 24.3 Å². The molecule has 2 amide bonds. The first-order valence-electron chi connectivity index (χ1n) is 7.81. The molecule has 5 heteroatoms. The van der Waals surface area contributed by atoms with Crippen molar-refractivity contribution in [1.29, 1.82) is 0 Å². The molecule has 1 aromatic carbocycles. The third-order valence-corrected chi connectivity index (χ3v) is 4.52. The lowest BCUT2D eigenvalue weighted by atomic mass is 9.76. The van der Waals surface area contributed by atoms with E-state index in [1.807, 2.05) is 0 Å². The van der Waals surface area contributed by atoms with Crippen LogP contribution in [0.25, 0.3) is 0 Å². The normalized spacial score (nSPS) is 23.8. The number of benzene rings is 1. The van der Waals surface area contributed by atoms with E-state index in [9.17, 15) is 4.79 Å². The van der Waals surface area contributed by atoms with Crippen LogP contribution in [-0.4, -0.2) is 11.7 Å². The molecule has 22 heavy (non-hydrogen) atoms. The van der Waals surface area contributed by atoms with Gasteiger partial charge in [0.15, 0.2) is 0 Å². The quantitative estimate of drug-likeness (QED) is 0.808. The lowest BCUT2D eigenvalue weighted by molar-refractivity contribution is 0.254. The molecular weight excluding hydrogens is 298 g/mol. The number of carbonyl (C=O) groups excluding carboxylic acids is 1. The summed E-state index contributed by atoms with van der Waals surface area (Å²) in [6.07, 6.45) is 3.24. The number of nitrogens with two attached hydrogens (primary N) is 1. The smallest absolute Gasteiger partial charge is 0.339 e. The first-order chi connectivity index (χ1) is 10.4. The summed E-state index contributed by atoms with van der Waals surface area (Å²) in [5.41, 5.74) is 7.24. The van der Waals surface area contributed by atoms with Gasteiger partial charge in [-0.05, 0) is 55.4 Å². The highest BCUT2D eigenvalue weighted by atomic mass is 35.5. The van der Waals surface area contributed by atoms with Gasteiger partial charge in [-0.1, -0.05) is 32.4 Å². The van der Waals surface area contributed by atoms with Gasteiger partial charge in [0.05, 0.1) is 5.69 Å². The van der Waals surface area contributed by atoms with Crippen molar-refractivity contribution in [2.45, 2.75) is 40.0 Å². The van der Waals surface area contributed by atoms with Crippen molar-refractivity contribution in [3.63, 3.8) is 0 Å². The molecule has 2 rings (SSSR count). The van der Waals surface area contributed by atoms with Gasteiger partial charge in [0, 0.05) is 16.7 Å². The van der Waals surface area contributed by atoms with Crippen LogP contribution in [0.4, 0.5) is 10.5 Å². The van der Waals surface area contributed by atoms with E-state index in [2.05, 4.69) is 25.9 Å². The van der Waals surface area contributed by atoms with Crippen molar-refractivity contribution in [2.75, 3.05) is 5.01 Å².